The summed E-state index contributed by atoms with van der Waals surface area (Å²) in [5.41, 5.74) is 0. The number of aliphatic carboxylic acids is 2. The first kappa shape index (κ1) is 14.6. The van der Waals surface area contributed by atoms with Crippen LogP contribution >= 0.6 is 11.8 Å². The molecule has 0 bridgehead atoms. The molecule has 1 rings (SSSR count). The van der Waals surface area contributed by atoms with Crippen molar-refractivity contribution in [2.24, 2.45) is 0 Å². The van der Waals surface area contributed by atoms with E-state index in [1.165, 1.54) is 4.90 Å². The molecule has 0 saturated carbocycles. The summed E-state index contributed by atoms with van der Waals surface area (Å²) in [5.74, 6) is -1.66. The average Bonchev–Trinajstić information content (AvgIpc) is 2.26. The van der Waals surface area contributed by atoms with Crippen LogP contribution in [0.4, 0.5) is 4.79 Å². The summed E-state index contributed by atoms with van der Waals surface area (Å²) < 4.78 is 0. The van der Waals surface area contributed by atoms with Crippen molar-refractivity contribution in [2.75, 3.05) is 31.9 Å². The van der Waals surface area contributed by atoms with Crippen molar-refractivity contribution < 1.29 is 24.6 Å². The number of rotatable bonds is 4. The van der Waals surface area contributed by atoms with Crippen LogP contribution in [0.1, 0.15) is 6.92 Å². The molecule has 0 radical (unpaired) electrons. The molecule has 0 aromatic heterocycles. The number of urea groups is 1. The van der Waals surface area contributed by atoms with Crippen LogP contribution in [0.15, 0.2) is 0 Å². The fourth-order valence-electron chi connectivity index (χ4n) is 1.71. The van der Waals surface area contributed by atoms with E-state index in [0.717, 1.165) is 10.7 Å². The third kappa shape index (κ3) is 4.44. The minimum absolute atomic E-state index is 0.277. The molecule has 0 aromatic rings. The number of carboxylic acids is 2. The molecule has 0 spiro atoms. The number of carbonyl (C=O) groups is 3. The zero-order valence-corrected chi connectivity index (χ0v) is 10.9. The van der Waals surface area contributed by atoms with Gasteiger partial charge in [-0.2, -0.15) is 11.8 Å². The van der Waals surface area contributed by atoms with Crippen molar-refractivity contribution >= 4 is 29.7 Å². The van der Waals surface area contributed by atoms with Crippen molar-refractivity contribution in [1.82, 2.24) is 9.80 Å². The Hall–Kier alpha value is -1.44. The Morgan fingerprint density at radius 2 is 1.83 bits per heavy atom. The van der Waals surface area contributed by atoms with Gasteiger partial charge in [0.25, 0.3) is 0 Å². The fraction of sp³-hybridized carbons (Fsp3) is 0.700. The second kappa shape index (κ2) is 6.48. The van der Waals surface area contributed by atoms with Crippen molar-refractivity contribution in [3.63, 3.8) is 0 Å². The van der Waals surface area contributed by atoms with E-state index in [-0.39, 0.29) is 5.25 Å². The van der Waals surface area contributed by atoms with Gasteiger partial charge in [-0.15, -0.1) is 0 Å². The standard InChI is InChI=1S/C10H16N2O5S/c1-7-4-11(2-3-18-7)10(17)12(5-8(13)14)6-9(15)16/h7H,2-6H2,1H3,(H,13,14)(H,15,16). The quantitative estimate of drug-likeness (QED) is 0.751. The predicted octanol–water partition coefficient (Wildman–Crippen LogP) is 0.0149. The maximum Gasteiger partial charge on any atom is 0.323 e. The molecule has 0 aliphatic carbocycles. The van der Waals surface area contributed by atoms with Crippen LogP contribution < -0.4 is 0 Å². The van der Waals surface area contributed by atoms with Gasteiger partial charge in [0.1, 0.15) is 13.1 Å². The van der Waals surface area contributed by atoms with Crippen molar-refractivity contribution in [3.8, 4) is 0 Å². The van der Waals surface area contributed by atoms with Gasteiger partial charge in [-0.3, -0.25) is 9.59 Å². The first-order chi connectivity index (χ1) is 8.40. The molecule has 1 aliphatic heterocycles. The minimum Gasteiger partial charge on any atom is -0.480 e. The van der Waals surface area contributed by atoms with E-state index in [9.17, 15) is 14.4 Å². The van der Waals surface area contributed by atoms with Crippen LogP contribution in [-0.2, 0) is 9.59 Å². The Morgan fingerprint density at radius 3 is 2.28 bits per heavy atom. The van der Waals surface area contributed by atoms with Gasteiger partial charge in [-0.05, 0) is 0 Å². The molecule has 2 N–H and O–H groups in total. The van der Waals surface area contributed by atoms with Gasteiger partial charge in [-0.1, -0.05) is 6.92 Å². The largest absolute Gasteiger partial charge is 0.480 e. The topological polar surface area (TPSA) is 98.2 Å². The van der Waals surface area contributed by atoms with Crippen LogP contribution in [-0.4, -0.2) is 75.2 Å². The second-order valence-electron chi connectivity index (χ2n) is 4.05. The summed E-state index contributed by atoms with van der Waals surface area (Å²) in [6.07, 6.45) is 0. The van der Waals surface area contributed by atoms with E-state index in [2.05, 4.69) is 0 Å². The van der Waals surface area contributed by atoms with Gasteiger partial charge in [-0.25, -0.2) is 4.79 Å². The molecule has 1 heterocycles. The molecule has 2 amide bonds. The van der Waals surface area contributed by atoms with E-state index in [1.807, 2.05) is 6.92 Å². The van der Waals surface area contributed by atoms with Crippen LogP contribution in [0.3, 0.4) is 0 Å². The van der Waals surface area contributed by atoms with E-state index in [4.69, 9.17) is 10.2 Å². The van der Waals surface area contributed by atoms with Gasteiger partial charge < -0.3 is 20.0 Å². The summed E-state index contributed by atoms with van der Waals surface area (Å²) in [7, 11) is 0. The maximum atomic E-state index is 12.0. The lowest BCUT2D eigenvalue weighted by atomic mass is 10.4. The van der Waals surface area contributed by atoms with Gasteiger partial charge in [0.05, 0.1) is 0 Å². The highest BCUT2D eigenvalue weighted by Gasteiger charge is 2.27. The fourth-order valence-corrected chi connectivity index (χ4v) is 2.72. The van der Waals surface area contributed by atoms with E-state index >= 15 is 0 Å². The minimum atomic E-state index is -1.22. The molecule has 7 nitrogen and oxygen atoms in total. The third-order valence-corrected chi connectivity index (χ3v) is 3.57. The number of carbonyl (C=O) groups excluding carboxylic acids is 1. The van der Waals surface area contributed by atoms with Gasteiger partial charge in [0, 0.05) is 24.1 Å². The molecule has 1 saturated heterocycles. The second-order valence-corrected chi connectivity index (χ2v) is 5.60. The van der Waals surface area contributed by atoms with Gasteiger partial charge >= 0.3 is 18.0 Å². The molecule has 1 unspecified atom stereocenters. The molecular weight excluding hydrogens is 260 g/mol. The van der Waals surface area contributed by atoms with Crippen molar-refractivity contribution in [1.29, 1.82) is 0 Å². The SMILES string of the molecule is CC1CN(C(=O)N(CC(=O)O)CC(=O)O)CCS1. The average molecular weight is 276 g/mol. The van der Waals surface area contributed by atoms with E-state index in [1.54, 1.807) is 11.8 Å². The molecule has 0 aromatic carbocycles. The summed E-state index contributed by atoms with van der Waals surface area (Å²) in [6, 6.07) is -0.521. The molecule has 1 aliphatic rings. The maximum absolute atomic E-state index is 12.0. The summed E-state index contributed by atoms with van der Waals surface area (Å²) in [6.45, 7) is 1.82. The molecule has 1 fully saturated rings. The summed E-state index contributed by atoms with van der Waals surface area (Å²) >= 11 is 1.73. The highest BCUT2D eigenvalue weighted by atomic mass is 32.2. The lowest BCUT2D eigenvalue weighted by Gasteiger charge is -2.34. The molecule has 102 valence electrons. The Labute approximate surface area is 109 Å². The van der Waals surface area contributed by atoms with Gasteiger partial charge in [0.2, 0.25) is 0 Å². The number of nitrogens with zero attached hydrogens (tertiary/aromatic N) is 2. The normalized spacial score (nSPS) is 19.4. The zero-order valence-electron chi connectivity index (χ0n) is 10.0. The van der Waals surface area contributed by atoms with Crippen LogP contribution in [0.25, 0.3) is 0 Å². The van der Waals surface area contributed by atoms with Crippen LogP contribution in [0, 0.1) is 0 Å². The number of amides is 2. The lowest BCUT2D eigenvalue weighted by molar-refractivity contribution is -0.140. The molecule has 18 heavy (non-hydrogen) atoms. The Balaban J connectivity index is 2.67. The van der Waals surface area contributed by atoms with Crippen molar-refractivity contribution in [3.05, 3.63) is 0 Å². The molecule has 8 heteroatoms. The highest BCUT2D eigenvalue weighted by Crippen LogP contribution is 2.18. The molecular formula is C10H16N2O5S. The van der Waals surface area contributed by atoms with E-state index in [0.29, 0.717) is 13.1 Å². The zero-order chi connectivity index (χ0) is 13.7. The number of thioether (sulfide) groups is 1. The third-order valence-electron chi connectivity index (χ3n) is 2.43. The first-order valence-corrected chi connectivity index (χ1v) is 6.54. The van der Waals surface area contributed by atoms with Gasteiger partial charge in [0.15, 0.2) is 0 Å². The summed E-state index contributed by atoms with van der Waals surface area (Å²) in [4.78, 5) is 35.6. The smallest absolute Gasteiger partial charge is 0.323 e. The number of carboxylic acid groups (broad SMARTS) is 2. The highest BCUT2D eigenvalue weighted by molar-refractivity contribution is 7.99. The van der Waals surface area contributed by atoms with Crippen LogP contribution in [0.2, 0.25) is 0 Å². The number of hydrogen-bond donors (Lipinski definition) is 2. The lowest BCUT2D eigenvalue weighted by Crippen LogP contribution is -2.51. The van der Waals surface area contributed by atoms with Crippen LogP contribution in [0.5, 0.6) is 0 Å². The first-order valence-electron chi connectivity index (χ1n) is 5.49. The molecule has 1 atom stereocenters. The van der Waals surface area contributed by atoms with Crippen molar-refractivity contribution in [2.45, 2.75) is 12.2 Å². The summed E-state index contributed by atoms with van der Waals surface area (Å²) in [5, 5.41) is 17.7. The monoisotopic (exact) mass is 276 g/mol. The predicted molar refractivity (Wildman–Crippen MR) is 65.7 cm³/mol. The number of hydrogen-bond acceptors (Lipinski definition) is 4. The Kier molecular flexibility index (Phi) is 5.26. The van der Waals surface area contributed by atoms with E-state index < -0.39 is 31.1 Å². The Bertz CT molecular complexity index is 333. The Morgan fingerprint density at radius 1 is 1.28 bits per heavy atom.